The average Bonchev–Trinajstić information content (AvgIpc) is 2.81. The van der Waals surface area contributed by atoms with Crippen molar-refractivity contribution in [2.24, 2.45) is 0 Å². The van der Waals surface area contributed by atoms with Gasteiger partial charge in [-0.1, -0.05) is 11.4 Å². The second-order valence-electron chi connectivity index (χ2n) is 3.15. The van der Waals surface area contributed by atoms with Crippen molar-refractivity contribution >= 4 is 11.5 Å². The van der Waals surface area contributed by atoms with Gasteiger partial charge in [-0.25, -0.2) is 0 Å². The van der Waals surface area contributed by atoms with E-state index in [-0.39, 0.29) is 0 Å². The largest absolute Gasteiger partial charge is 0.309 e. The molecule has 1 fully saturated rings. The van der Waals surface area contributed by atoms with E-state index in [2.05, 4.69) is 21.8 Å². The minimum absolute atomic E-state index is 0.775. The monoisotopic (exact) mass is 183 g/mol. The molecule has 1 N–H and O–H groups in total. The van der Waals surface area contributed by atoms with Crippen molar-refractivity contribution < 1.29 is 0 Å². The number of hydrogen-bond donors (Lipinski definition) is 1. The fraction of sp³-hybridized carbons (Fsp3) is 0.750. The van der Waals surface area contributed by atoms with Crippen LogP contribution in [0.15, 0.2) is 0 Å². The summed E-state index contributed by atoms with van der Waals surface area (Å²) in [5.74, 6) is 0. The van der Waals surface area contributed by atoms with Crippen LogP contribution in [0.2, 0.25) is 0 Å². The van der Waals surface area contributed by atoms with E-state index in [4.69, 9.17) is 0 Å². The molecule has 0 aliphatic heterocycles. The molecule has 0 spiro atoms. The standard InChI is InChI=1S/C8H13N3S/c1-2-7-8(12-11-10-7)5-9-6-3-4-6/h6,9H,2-5H2,1H3. The quantitative estimate of drug-likeness (QED) is 0.765. The smallest absolute Gasteiger partial charge is 0.0797 e. The van der Waals surface area contributed by atoms with Gasteiger partial charge in [-0.15, -0.1) is 5.10 Å². The lowest BCUT2D eigenvalue weighted by atomic mass is 10.3. The van der Waals surface area contributed by atoms with Crippen molar-refractivity contribution in [3.8, 4) is 0 Å². The molecule has 0 unspecified atom stereocenters. The molecule has 0 bridgehead atoms. The Morgan fingerprint density at radius 2 is 2.42 bits per heavy atom. The van der Waals surface area contributed by atoms with E-state index >= 15 is 0 Å². The van der Waals surface area contributed by atoms with Gasteiger partial charge in [-0.2, -0.15) is 0 Å². The van der Waals surface area contributed by atoms with Crippen LogP contribution in [-0.2, 0) is 13.0 Å². The molecule has 4 heteroatoms. The number of rotatable bonds is 4. The van der Waals surface area contributed by atoms with E-state index in [1.54, 1.807) is 0 Å². The van der Waals surface area contributed by atoms with Crippen LogP contribution in [-0.4, -0.2) is 15.6 Å². The first kappa shape index (κ1) is 8.13. The summed E-state index contributed by atoms with van der Waals surface area (Å²) in [6.07, 6.45) is 3.68. The number of nitrogens with zero attached hydrogens (tertiary/aromatic N) is 2. The van der Waals surface area contributed by atoms with E-state index in [1.807, 2.05) is 0 Å². The molecule has 1 heterocycles. The lowest BCUT2D eigenvalue weighted by Gasteiger charge is -1.99. The Hall–Kier alpha value is -0.480. The molecule has 3 nitrogen and oxygen atoms in total. The fourth-order valence-corrected chi connectivity index (χ4v) is 1.83. The van der Waals surface area contributed by atoms with Crippen LogP contribution in [0, 0.1) is 0 Å². The third-order valence-electron chi connectivity index (χ3n) is 2.10. The van der Waals surface area contributed by atoms with Gasteiger partial charge in [0.2, 0.25) is 0 Å². The van der Waals surface area contributed by atoms with E-state index in [1.165, 1.54) is 29.3 Å². The van der Waals surface area contributed by atoms with E-state index in [0.717, 1.165) is 24.7 Å². The summed E-state index contributed by atoms with van der Waals surface area (Å²) in [6.45, 7) is 3.09. The molecular formula is C8H13N3S. The van der Waals surface area contributed by atoms with Gasteiger partial charge in [0.05, 0.1) is 10.6 Å². The summed E-state index contributed by atoms with van der Waals surface area (Å²) >= 11 is 1.52. The molecule has 66 valence electrons. The normalized spacial score (nSPS) is 16.8. The van der Waals surface area contributed by atoms with Crippen molar-refractivity contribution in [1.29, 1.82) is 0 Å². The van der Waals surface area contributed by atoms with Gasteiger partial charge >= 0.3 is 0 Å². The molecule has 0 saturated heterocycles. The number of hydrogen-bond acceptors (Lipinski definition) is 4. The van der Waals surface area contributed by atoms with Gasteiger partial charge in [0, 0.05) is 12.6 Å². The first-order valence-electron chi connectivity index (χ1n) is 4.43. The first-order chi connectivity index (χ1) is 5.90. The molecule has 1 aromatic rings. The predicted octanol–water partition coefficient (Wildman–Crippen LogP) is 1.35. The van der Waals surface area contributed by atoms with Gasteiger partial charge in [0.15, 0.2) is 0 Å². The van der Waals surface area contributed by atoms with Crippen molar-refractivity contribution in [2.75, 3.05) is 0 Å². The van der Waals surface area contributed by atoms with E-state index < -0.39 is 0 Å². The molecule has 12 heavy (non-hydrogen) atoms. The summed E-state index contributed by atoms with van der Waals surface area (Å²) in [5.41, 5.74) is 1.16. The molecule has 1 aliphatic carbocycles. The highest BCUT2D eigenvalue weighted by Gasteiger charge is 2.20. The summed E-state index contributed by atoms with van der Waals surface area (Å²) in [5, 5.41) is 7.53. The zero-order chi connectivity index (χ0) is 8.39. The maximum Gasteiger partial charge on any atom is 0.0797 e. The first-order valence-corrected chi connectivity index (χ1v) is 5.21. The fourth-order valence-electron chi connectivity index (χ4n) is 1.15. The van der Waals surface area contributed by atoms with E-state index in [9.17, 15) is 0 Å². The lowest BCUT2D eigenvalue weighted by molar-refractivity contribution is 0.688. The zero-order valence-corrected chi connectivity index (χ0v) is 8.02. The van der Waals surface area contributed by atoms with Gasteiger partial charge in [-0.05, 0) is 30.8 Å². The van der Waals surface area contributed by atoms with Crippen molar-refractivity contribution in [3.05, 3.63) is 10.6 Å². The average molecular weight is 183 g/mol. The van der Waals surface area contributed by atoms with Crippen LogP contribution in [0.25, 0.3) is 0 Å². The third kappa shape index (κ3) is 1.81. The Morgan fingerprint density at radius 1 is 1.58 bits per heavy atom. The van der Waals surface area contributed by atoms with Gasteiger partial charge in [-0.3, -0.25) is 0 Å². The summed E-state index contributed by atoms with van der Waals surface area (Å²) in [6, 6.07) is 0.775. The van der Waals surface area contributed by atoms with Crippen LogP contribution in [0.4, 0.5) is 0 Å². The highest BCUT2D eigenvalue weighted by atomic mass is 32.1. The zero-order valence-electron chi connectivity index (χ0n) is 7.21. The SMILES string of the molecule is CCc1nnsc1CNC1CC1. The Morgan fingerprint density at radius 3 is 3.08 bits per heavy atom. The number of aryl methyl sites for hydroxylation is 1. The lowest BCUT2D eigenvalue weighted by Crippen LogP contribution is -2.15. The molecule has 0 aromatic carbocycles. The second-order valence-corrected chi connectivity index (χ2v) is 3.99. The topological polar surface area (TPSA) is 37.8 Å². The van der Waals surface area contributed by atoms with Crippen LogP contribution in [0.5, 0.6) is 0 Å². The maximum absolute atomic E-state index is 4.06. The minimum atomic E-state index is 0.775. The highest BCUT2D eigenvalue weighted by Crippen LogP contribution is 2.20. The highest BCUT2D eigenvalue weighted by molar-refractivity contribution is 7.05. The van der Waals surface area contributed by atoms with Gasteiger partial charge in [0.25, 0.3) is 0 Å². The van der Waals surface area contributed by atoms with Gasteiger partial charge in [0.1, 0.15) is 0 Å². The summed E-state index contributed by atoms with van der Waals surface area (Å²) in [4.78, 5) is 1.31. The van der Waals surface area contributed by atoms with Crippen LogP contribution >= 0.6 is 11.5 Å². The van der Waals surface area contributed by atoms with Crippen LogP contribution in [0.1, 0.15) is 30.3 Å². The molecule has 0 atom stereocenters. The Bertz CT molecular complexity index is 255. The second kappa shape index (κ2) is 3.49. The van der Waals surface area contributed by atoms with Crippen LogP contribution < -0.4 is 5.32 Å². The Balaban J connectivity index is 1.91. The van der Waals surface area contributed by atoms with Crippen molar-refractivity contribution in [2.45, 2.75) is 38.8 Å². The molecule has 1 aliphatic rings. The predicted molar refractivity (Wildman–Crippen MR) is 49.1 cm³/mol. The minimum Gasteiger partial charge on any atom is -0.309 e. The maximum atomic E-state index is 4.06. The van der Waals surface area contributed by atoms with Crippen LogP contribution in [0.3, 0.4) is 0 Å². The number of aromatic nitrogens is 2. The Kier molecular flexibility index (Phi) is 2.37. The summed E-state index contributed by atoms with van der Waals surface area (Å²) in [7, 11) is 0. The molecule has 1 aromatic heterocycles. The molecule has 0 radical (unpaired) electrons. The summed E-state index contributed by atoms with van der Waals surface area (Å²) < 4.78 is 3.94. The Labute approximate surface area is 76.4 Å². The van der Waals surface area contributed by atoms with Gasteiger partial charge < -0.3 is 5.32 Å². The molecule has 2 rings (SSSR count). The van der Waals surface area contributed by atoms with Crippen molar-refractivity contribution in [3.63, 3.8) is 0 Å². The number of nitrogens with one attached hydrogen (secondary N) is 1. The third-order valence-corrected chi connectivity index (χ3v) is 2.86. The van der Waals surface area contributed by atoms with E-state index in [0.29, 0.717) is 0 Å². The molecular weight excluding hydrogens is 170 g/mol. The van der Waals surface area contributed by atoms with Crippen molar-refractivity contribution in [1.82, 2.24) is 14.9 Å². The molecule has 0 amide bonds. The molecule has 1 saturated carbocycles.